The molecule has 2 amide bonds. The van der Waals surface area contributed by atoms with Crippen LogP contribution in [0.15, 0.2) is 28.0 Å². The van der Waals surface area contributed by atoms with E-state index in [1.807, 2.05) is 18.7 Å². The number of rotatable bonds is 6. The SMILES string of the molecule is CC(C)N(C(=O)CN(C)S(=O)(=O)c1ccc2c(c1)SCC(=O)N2)C1CCCCC1. The number of nitrogens with one attached hydrogen (secondary N) is 1. The molecule has 0 aromatic heterocycles. The molecule has 1 saturated carbocycles. The maximum atomic E-state index is 13.0. The van der Waals surface area contributed by atoms with Gasteiger partial charge < -0.3 is 10.2 Å². The summed E-state index contributed by atoms with van der Waals surface area (Å²) < 4.78 is 27.2. The van der Waals surface area contributed by atoms with Gasteiger partial charge in [0.05, 0.1) is 22.9 Å². The number of carbonyl (C=O) groups excluding carboxylic acids is 2. The third kappa shape index (κ3) is 4.95. The number of thioether (sulfide) groups is 1. The van der Waals surface area contributed by atoms with E-state index in [1.54, 1.807) is 12.1 Å². The van der Waals surface area contributed by atoms with Crippen molar-refractivity contribution in [3.63, 3.8) is 0 Å². The van der Waals surface area contributed by atoms with Crippen LogP contribution in [0, 0.1) is 0 Å². The molecule has 29 heavy (non-hydrogen) atoms. The molecule has 1 fully saturated rings. The van der Waals surface area contributed by atoms with Crippen LogP contribution in [0.5, 0.6) is 0 Å². The summed E-state index contributed by atoms with van der Waals surface area (Å²) in [6.07, 6.45) is 5.38. The van der Waals surface area contributed by atoms with E-state index < -0.39 is 10.0 Å². The molecule has 9 heteroatoms. The van der Waals surface area contributed by atoms with Gasteiger partial charge in [-0.2, -0.15) is 4.31 Å². The summed E-state index contributed by atoms with van der Waals surface area (Å²) in [5.74, 6) is 0.00475. The zero-order valence-corrected chi connectivity index (χ0v) is 18.8. The number of sulfonamides is 1. The van der Waals surface area contributed by atoms with E-state index in [0.717, 1.165) is 34.9 Å². The first-order valence-corrected chi connectivity index (χ1v) is 12.5. The van der Waals surface area contributed by atoms with E-state index in [1.165, 1.54) is 31.3 Å². The molecular formula is C20H29N3O4S2. The number of carbonyl (C=O) groups is 2. The summed E-state index contributed by atoms with van der Waals surface area (Å²) in [6.45, 7) is 3.78. The highest BCUT2D eigenvalue weighted by Gasteiger charge is 2.31. The van der Waals surface area contributed by atoms with Crippen LogP contribution in [-0.4, -0.2) is 60.9 Å². The summed E-state index contributed by atoms with van der Waals surface area (Å²) in [5, 5.41) is 2.73. The molecular weight excluding hydrogens is 410 g/mol. The number of amides is 2. The monoisotopic (exact) mass is 439 g/mol. The molecule has 0 unspecified atom stereocenters. The molecule has 7 nitrogen and oxygen atoms in total. The highest BCUT2D eigenvalue weighted by molar-refractivity contribution is 8.00. The number of likely N-dealkylation sites (N-methyl/N-ethyl adjacent to an activating group) is 1. The first kappa shape index (κ1) is 22.1. The molecule has 2 aliphatic rings. The van der Waals surface area contributed by atoms with Gasteiger partial charge >= 0.3 is 0 Å². The average Bonchev–Trinajstić information content (AvgIpc) is 2.68. The van der Waals surface area contributed by atoms with E-state index in [2.05, 4.69) is 5.32 Å². The Morgan fingerprint density at radius 3 is 2.59 bits per heavy atom. The normalized spacial score (nSPS) is 17.9. The maximum Gasteiger partial charge on any atom is 0.243 e. The third-order valence-corrected chi connectivity index (χ3v) is 8.32. The Balaban J connectivity index is 1.75. The van der Waals surface area contributed by atoms with Crippen molar-refractivity contribution in [2.24, 2.45) is 0 Å². The number of benzene rings is 1. The number of hydrogen-bond donors (Lipinski definition) is 1. The van der Waals surface area contributed by atoms with Gasteiger partial charge in [-0.3, -0.25) is 9.59 Å². The summed E-state index contributed by atoms with van der Waals surface area (Å²) in [6, 6.07) is 4.87. The zero-order valence-electron chi connectivity index (χ0n) is 17.2. The fraction of sp³-hybridized carbons (Fsp3) is 0.600. The smallest absolute Gasteiger partial charge is 0.243 e. The zero-order chi connectivity index (χ0) is 21.2. The quantitative estimate of drug-likeness (QED) is 0.736. The van der Waals surface area contributed by atoms with Gasteiger partial charge in [-0.05, 0) is 44.9 Å². The van der Waals surface area contributed by atoms with Crippen LogP contribution in [-0.2, 0) is 19.6 Å². The second-order valence-electron chi connectivity index (χ2n) is 7.94. The molecule has 1 aliphatic carbocycles. The number of fused-ring (bicyclic) bond motifs is 1. The minimum Gasteiger partial charge on any atom is -0.336 e. The molecule has 0 radical (unpaired) electrons. The molecule has 1 N–H and O–H groups in total. The van der Waals surface area contributed by atoms with E-state index in [0.29, 0.717) is 5.69 Å². The second kappa shape index (κ2) is 9.06. The van der Waals surface area contributed by atoms with Crippen molar-refractivity contribution in [2.75, 3.05) is 24.7 Å². The first-order valence-electron chi connectivity index (χ1n) is 10.0. The van der Waals surface area contributed by atoms with Crippen molar-refractivity contribution < 1.29 is 18.0 Å². The minimum atomic E-state index is -3.81. The predicted octanol–water partition coefficient (Wildman–Crippen LogP) is 2.92. The lowest BCUT2D eigenvalue weighted by atomic mass is 9.93. The Hall–Kier alpha value is -1.58. The van der Waals surface area contributed by atoms with Gasteiger partial charge in [-0.1, -0.05) is 19.3 Å². The van der Waals surface area contributed by atoms with Crippen molar-refractivity contribution in [2.45, 2.75) is 67.8 Å². The van der Waals surface area contributed by atoms with Gasteiger partial charge in [0.2, 0.25) is 21.8 Å². The fourth-order valence-corrected chi connectivity index (χ4v) is 6.09. The third-order valence-electron chi connectivity index (χ3n) is 5.46. The van der Waals surface area contributed by atoms with Crippen molar-refractivity contribution in [1.29, 1.82) is 0 Å². The minimum absolute atomic E-state index is 0.0328. The lowest BCUT2D eigenvalue weighted by molar-refractivity contribution is -0.136. The van der Waals surface area contributed by atoms with Gasteiger partial charge in [-0.15, -0.1) is 11.8 Å². The highest BCUT2D eigenvalue weighted by atomic mass is 32.2. The van der Waals surface area contributed by atoms with E-state index in [9.17, 15) is 18.0 Å². The van der Waals surface area contributed by atoms with Crippen molar-refractivity contribution in [3.8, 4) is 0 Å². The van der Waals surface area contributed by atoms with E-state index >= 15 is 0 Å². The molecule has 0 atom stereocenters. The maximum absolute atomic E-state index is 13.0. The topological polar surface area (TPSA) is 86.8 Å². The molecule has 3 rings (SSSR count). The Morgan fingerprint density at radius 2 is 1.93 bits per heavy atom. The van der Waals surface area contributed by atoms with Crippen molar-refractivity contribution >= 4 is 39.3 Å². The van der Waals surface area contributed by atoms with E-state index in [4.69, 9.17) is 0 Å². The van der Waals surface area contributed by atoms with Gasteiger partial charge in [0, 0.05) is 24.0 Å². The van der Waals surface area contributed by atoms with Crippen LogP contribution in [0.25, 0.3) is 0 Å². The number of nitrogens with zero attached hydrogens (tertiary/aromatic N) is 2. The second-order valence-corrected chi connectivity index (χ2v) is 11.0. The Morgan fingerprint density at radius 1 is 1.24 bits per heavy atom. The lowest BCUT2D eigenvalue weighted by Crippen LogP contribution is -2.49. The standard InChI is InChI=1S/C20H29N3O4S2/c1-14(2)23(15-7-5-4-6-8-15)20(25)12-22(3)29(26,27)16-9-10-17-18(11-16)28-13-19(24)21-17/h9-11,14-15H,4-8,12-13H2,1-3H3,(H,21,24). The molecule has 0 spiro atoms. The number of hydrogen-bond acceptors (Lipinski definition) is 5. The highest BCUT2D eigenvalue weighted by Crippen LogP contribution is 2.34. The van der Waals surface area contributed by atoms with Crippen LogP contribution in [0.4, 0.5) is 5.69 Å². The molecule has 1 heterocycles. The summed E-state index contributed by atoms with van der Waals surface area (Å²) in [5.41, 5.74) is 0.618. The van der Waals surface area contributed by atoms with Gasteiger partial charge in [0.1, 0.15) is 0 Å². The molecule has 0 bridgehead atoms. The summed E-state index contributed by atoms with van der Waals surface area (Å²) in [7, 11) is -2.37. The largest absolute Gasteiger partial charge is 0.336 e. The van der Waals surface area contributed by atoms with Gasteiger partial charge in [0.15, 0.2) is 0 Å². The molecule has 1 aliphatic heterocycles. The predicted molar refractivity (Wildman–Crippen MR) is 114 cm³/mol. The summed E-state index contributed by atoms with van der Waals surface area (Å²) in [4.78, 5) is 27.2. The molecule has 0 saturated heterocycles. The van der Waals surface area contributed by atoms with Crippen molar-refractivity contribution in [1.82, 2.24) is 9.21 Å². The average molecular weight is 440 g/mol. The molecule has 1 aromatic rings. The van der Waals surface area contributed by atoms with Gasteiger partial charge in [-0.25, -0.2) is 8.42 Å². The Bertz CT molecular complexity index is 880. The molecule has 1 aromatic carbocycles. The lowest BCUT2D eigenvalue weighted by Gasteiger charge is -2.38. The van der Waals surface area contributed by atoms with Crippen LogP contribution >= 0.6 is 11.8 Å². The van der Waals surface area contributed by atoms with Crippen LogP contribution < -0.4 is 5.32 Å². The van der Waals surface area contributed by atoms with Crippen LogP contribution in [0.1, 0.15) is 46.0 Å². The Labute approximate surface area is 177 Å². The van der Waals surface area contributed by atoms with Gasteiger partial charge in [0.25, 0.3) is 0 Å². The molecule has 160 valence electrons. The fourth-order valence-electron chi connectivity index (χ4n) is 4.02. The Kier molecular flexibility index (Phi) is 6.90. The van der Waals surface area contributed by atoms with Crippen LogP contribution in [0.2, 0.25) is 0 Å². The number of anilines is 1. The van der Waals surface area contributed by atoms with Crippen LogP contribution in [0.3, 0.4) is 0 Å². The van der Waals surface area contributed by atoms with Crippen molar-refractivity contribution in [3.05, 3.63) is 18.2 Å². The summed E-state index contributed by atoms with van der Waals surface area (Å²) >= 11 is 1.31. The van der Waals surface area contributed by atoms with E-state index in [-0.39, 0.29) is 41.1 Å². The first-order chi connectivity index (χ1) is 13.7.